The van der Waals surface area contributed by atoms with Gasteiger partial charge in [-0.05, 0) is 24.3 Å². The molecule has 2 aromatic carbocycles. The molecule has 2 heterocycles. The highest BCUT2D eigenvalue weighted by atomic mass is 32.2. The average molecular weight is 419 g/mol. The molecule has 2 fully saturated rings. The van der Waals surface area contributed by atoms with Crippen molar-refractivity contribution in [2.24, 2.45) is 0 Å². The molecule has 2 aromatic rings. The summed E-state index contributed by atoms with van der Waals surface area (Å²) in [4.78, 5) is 13.9. The first-order valence-electron chi connectivity index (χ1n) is 9.40. The fourth-order valence-electron chi connectivity index (χ4n) is 3.84. The summed E-state index contributed by atoms with van der Waals surface area (Å²) < 4.78 is 48.3. The SMILES string of the molecule is O=C(Nc1ccccc1)N1CC[C@]2(OCCN2S(=O)(=O)c2ccccc2)C(F)C1. The highest BCUT2D eigenvalue weighted by molar-refractivity contribution is 7.89. The molecule has 0 saturated carbocycles. The Morgan fingerprint density at radius 2 is 1.72 bits per heavy atom. The fourth-order valence-corrected chi connectivity index (χ4v) is 5.58. The molecule has 0 aromatic heterocycles. The van der Waals surface area contributed by atoms with E-state index in [9.17, 15) is 13.2 Å². The Kier molecular flexibility index (Phi) is 5.28. The number of sulfonamides is 1. The van der Waals surface area contributed by atoms with Crippen LogP contribution in [-0.2, 0) is 14.8 Å². The van der Waals surface area contributed by atoms with E-state index in [4.69, 9.17) is 4.74 Å². The van der Waals surface area contributed by atoms with Gasteiger partial charge in [0.05, 0.1) is 18.0 Å². The Hall–Kier alpha value is -2.49. The standard InChI is InChI=1S/C20H22FN3O4S/c21-18-15-23(19(25)22-16-7-3-1-4-8-16)12-11-20(18)24(13-14-28-20)29(26,27)17-9-5-2-6-10-17/h1-10,18H,11-15H2,(H,22,25)/t18?,20-/m0/s1. The molecule has 2 saturated heterocycles. The lowest BCUT2D eigenvalue weighted by Crippen LogP contribution is -2.63. The Morgan fingerprint density at radius 3 is 2.38 bits per heavy atom. The molecule has 7 nitrogen and oxygen atoms in total. The van der Waals surface area contributed by atoms with E-state index in [2.05, 4.69) is 5.32 Å². The maximum atomic E-state index is 15.3. The Labute approximate surface area is 169 Å². The van der Waals surface area contributed by atoms with Crippen molar-refractivity contribution in [2.75, 3.05) is 31.6 Å². The molecule has 154 valence electrons. The van der Waals surface area contributed by atoms with Gasteiger partial charge in [-0.3, -0.25) is 0 Å². The van der Waals surface area contributed by atoms with Crippen LogP contribution < -0.4 is 5.32 Å². The van der Waals surface area contributed by atoms with Gasteiger partial charge in [-0.1, -0.05) is 36.4 Å². The predicted molar refractivity (Wildman–Crippen MR) is 106 cm³/mol. The molecule has 1 N–H and O–H groups in total. The van der Waals surface area contributed by atoms with Gasteiger partial charge in [0.15, 0.2) is 11.9 Å². The Bertz CT molecular complexity index is 974. The monoisotopic (exact) mass is 419 g/mol. The smallest absolute Gasteiger partial charge is 0.321 e. The summed E-state index contributed by atoms with van der Waals surface area (Å²) in [5.74, 6) is 0. The first-order valence-corrected chi connectivity index (χ1v) is 10.8. The number of anilines is 1. The first-order chi connectivity index (χ1) is 13.9. The van der Waals surface area contributed by atoms with Gasteiger partial charge >= 0.3 is 6.03 Å². The lowest BCUT2D eigenvalue weighted by molar-refractivity contribution is -0.134. The summed E-state index contributed by atoms with van der Waals surface area (Å²) in [6.07, 6.45) is -1.61. The second-order valence-corrected chi connectivity index (χ2v) is 8.91. The van der Waals surface area contributed by atoms with E-state index in [1.807, 2.05) is 6.07 Å². The second-order valence-electron chi connectivity index (χ2n) is 7.04. The van der Waals surface area contributed by atoms with Crippen LogP contribution >= 0.6 is 0 Å². The Balaban J connectivity index is 1.51. The molecule has 4 rings (SSSR count). The van der Waals surface area contributed by atoms with Crippen molar-refractivity contribution in [1.29, 1.82) is 0 Å². The number of piperidine rings is 1. The molecular weight excluding hydrogens is 397 g/mol. The molecule has 1 unspecified atom stereocenters. The van der Waals surface area contributed by atoms with Crippen LogP contribution in [0.4, 0.5) is 14.9 Å². The normalized spacial score (nSPS) is 25.3. The number of urea groups is 1. The minimum absolute atomic E-state index is 0.0580. The third kappa shape index (κ3) is 3.61. The van der Waals surface area contributed by atoms with Crippen LogP contribution in [0.15, 0.2) is 65.6 Å². The number of hydrogen-bond donors (Lipinski definition) is 1. The summed E-state index contributed by atoms with van der Waals surface area (Å²) in [7, 11) is -3.92. The van der Waals surface area contributed by atoms with Gasteiger partial charge in [-0.25, -0.2) is 17.6 Å². The van der Waals surface area contributed by atoms with Crippen LogP contribution in [0.1, 0.15) is 6.42 Å². The van der Waals surface area contributed by atoms with Crippen molar-refractivity contribution in [3.8, 4) is 0 Å². The van der Waals surface area contributed by atoms with Crippen molar-refractivity contribution in [3.63, 3.8) is 0 Å². The second kappa shape index (κ2) is 7.74. The van der Waals surface area contributed by atoms with Gasteiger partial charge in [-0.15, -0.1) is 0 Å². The van der Waals surface area contributed by atoms with E-state index in [1.54, 1.807) is 42.5 Å². The van der Waals surface area contributed by atoms with E-state index in [0.717, 1.165) is 4.31 Å². The lowest BCUT2D eigenvalue weighted by Gasteiger charge is -2.44. The average Bonchev–Trinajstić information content (AvgIpc) is 3.17. The van der Waals surface area contributed by atoms with Crippen LogP contribution in [0.2, 0.25) is 0 Å². The zero-order chi connectivity index (χ0) is 20.5. The number of rotatable bonds is 3. The number of nitrogens with one attached hydrogen (secondary N) is 1. The minimum Gasteiger partial charge on any atom is -0.355 e. The maximum Gasteiger partial charge on any atom is 0.321 e. The molecule has 29 heavy (non-hydrogen) atoms. The van der Waals surface area contributed by atoms with E-state index in [1.165, 1.54) is 17.0 Å². The summed E-state index contributed by atoms with van der Waals surface area (Å²) in [6, 6.07) is 16.4. The number of ether oxygens (including phenoxy) is 1. The molecule has 0 aliphatic carbocycles. The molecule has 2 atom stereocenters. The first kappa shape index (κ1) is 19.8. The van der Waals surface area contributed by atoms with Crippen LogP contribution in [-0.4, -0.2) is 61.8 Å². The van der Waals surface area contributed by atoms with Crippen LogP contribution in [0.3, 0.4) is 0 Å². The third-order valence-electron chi connectivity index (χ3n) is 5.32. The topological polar surface area (TPSA) is 79.0 Å². The van der Waals surface area contributed by atoms with Crippen molar-refractivity contribution in [1.82, 2.24) is 9.21 Å². The molecule has 0 radical (unpaired) electrons. The predicted octanol–water partition coefficient (Wildman–Crippen LogP) is 2.68. The summed E-state index contributed by atoms with van der Waals surface area (Å²) >= 11 is 0. The molecular formula is C20H22FN3O4S. The number of nitrogens with zero attached hydrogens (tertiary/aromatic N) is 2. The van der Waals surface area contributed by atoms with Crippen molar-refractivity contribution in [2.45, 2.75) is 23.2 Å². The number of halogens is 1. The number of hydrogen-bond acceptors (Lipinski definition) is 4. The van der Waals surface area contributed by atoms with Crippen LogP contribution in [0, 0.1) is 0 Å². The highest BCUT2D eigenvalue weighted by Crippen LogP contribution is 2.40. The van der Waals surface area contributed by atoms with Gasteiger partial charge in [0.1, 0.15) is 0 Å². The van der Waals surface area contributed by atoms with E-state index < -0.39 is 28.0 Å². The quantitative estimate of drug-likeness (QED) is 0.830. The van der Waals surface area contributed by atoms with Gasteiger partial charge in [-0.2, -0.15) is 4.31 Å². The fraction of sp³-hybridized carbons (Fsp3) is 0.350. The number of carbonyl (C=O) groups excluding carboxylic acids is 1. The van der Waals surface area contributed by atoms with Crippen molar-refractivity contribution >= 4 is 21.7 Å². The maximum absolute atomic E-state index is 15.3. The largest absolute Gasteiger partial charge is 0.355 e. The molecule has 2 amide bonds. The number of likely N-dealkylation sites (tertiary alicyclic amines) is 1. The van der Waals surface area contributed by atoms with Crippen molar-refractivity contribution in [3.05, 3.63) is 60.7 Å². The highest BCUT2D eigenvalue weighted by Gasteiger charge is 2.57. The Morgan fingerprint density at radius 1 is 1.07 bits per heavy atom. The number of amides is 2. The zero-order valence-electron chi connectivity index (χ0n) is 15.7. The molecule has 2 aliphatic heterocycles. The molecule has 2 aliphatic rings. The summed E-state index contributed by atoms with van der Waals surface area (Å²) in [5, 5.41) is 2.73. The van der Waals surface area contributed by atoms with Crippen LogP contribution in [0.25, 0.3) is 0 Å². The van der Waals surface area contributed by atoms with Gasteiger partial charge in [0.25, 0.3) is 0 Å². The van der Waals surface area contributed by atoms with Crippen molar-refractivity contribution < 1.29 is 22.3 Å². The number of benzene rings is 2. The molecule has 1 spiro atoms. The third-order valence-corrected chi connectivity index (χ3v) is 7.26. The molecule has 0 bridgehead atoms. The zero-order valence-corrected chi connectivity index (χ0v) is 16.5. The number of alkyl halides is 1. The van der Waals surface area contributed by atoms with Gasteiger partial charge in [0.2, 0.25) is 10.0 Å². The minimum atomic E-state index is -3.92. The van der Waals surface area contributed by atoms with Gasteiger partial charge < -0.3 is 15.0 Å². The number of carbonyl (C=O) groups is 1. The number of para-hydroxylation sites is 1. The molecule has 9 heteroatoms. The van der Waals surface area contributed by atoms with E-state index >= 15 is 4.39 Å². The summed E-state index contributed by atoms with van der Waals surface area (Å²) in [5.41, 5.74) is -0.975. The lowest BCUT2D eigenvalue weighted by atomic mass is 9.99. The van der Waals surface area contributed by atoms with E-state index in [-0.39, 0.29) is 37.6 Å². The van der Waals surface area contributed by atoms with Gasteiger partial charge in [0, 0.05) is 25.2 Å². The van der Waals surface area contributed by atoms with Crippen LogP contribution in [0.5, 0.6) is 0 Å². The summed E-state index contributed by atoms with van der Waals surface area (Å²) in [6.45, 7) is 0.121. The van der Waals surface area contributed by atoms with E-state index in [0.29, 0.717) is 5.69 Å².